The van der Waals surface area contributed by atoms with Gasteiger partial charge in [-0.15, -0.1) is 0 Å². The molecular formula is C20H26N8O. The average Bonchev–Trinajstić information content (AvgIpc) is 3.12. The van der Waals surface area contributed by atoms with E-state index in [9.17, 15) is 0 Å². The minimum absolute atomic E-state index is 0.173. The van der Waals surface area contributed by atoms with E-state index in [4.69, 9.17) is 10.1 Å². The molecule has 29 heavy (non-hydrogen) atoms. The lowest BCUT2D eigenvalue weighted by Crippen LogP contribution is -2.15. The van der Waals surface area contributed by atoms with Crippen LogP contribution in [0.25, 0.3) is 11.3 Å². The summed E-state index contributed by atoms with van der Waals surface area (Å²) < 4.78 is 7.33. The molecule has 0 aliphatic rings. The fraction of sp³-hybridized carbons (Fsp3) is 0.350. The highest BCUT2D eigenvalue weighted by atomic mass is 16.5. The molecule has 0 radical (unpaired) electrons. The van der Waals surface area contributed by atoms with E-state index in [-0.39, 0.29) is 6.04 Å². The van der Waals surface area contributed by atoms with Crippen LogP contribution < -0.4 is 15.4 Å². The molecule has 0 aliphatic carbocycles. The summed E-state index contributed by atoms with van der Waals surface area (Å²) in [7, 11) is 1.83. The third-order valence-electron chi connectivity index (χ3n) is 4.03. The predicted molar refractivity (Wildman–Crippen MR) is 114 cm³/mol. The fourth-order valence-electron chi connectivity index (χ4n) is 2.86. The number of nitrogens with zero attached hydrogens (tertiary/aromatic N) is 5. The Morgan fingerprint density at radius 1 is 1.31 bits per heavy atom. The van der Waals surface area contributed by atoms with Gasteiger partial charge in [0.15, 0.2) is 5.82 Å². The van der Waals surface area contributed by atoms with E-state index >= 15 is 0 Å². The average molecular weight is 394 g/mol. The van der Waals surface area contributed by atoms with Gasteiger partial charge in [0.2, 0.25) is 5.88 Å². The second kappa shape index (κ2) is 9.13. The lowest BCUT2D eigenvalue weighted by molar-refractivity contribution is 0.328. The van der Waals surface area contributed by atoms with Crippen LogP contribution in [0.2, 0.25) is 0 Å². The zero-order valence-electron chi connectivity index (χ0n) is 17.1. The number of hydrogen-bond donors (Lipinski definition) is 3. The molecular weight excluding hydrogens is 368 g/mol. The molecule has 152 valence electrons. The van der Waals surface area contributed by atoms with E-state index in [1.54, 1.807) is 17.2 Å². The summed E-state index contributed by atoms with van der Waals surface area (Å²) in [6.45, 7) is 6.95. The molecule has 3 aromatic heterocycles. The van der Waals surface area contributed by atoms with Gasteiger partial charge in [-0.3, -0.25) is 4.68 Å². The van der Waals surface area contributed by atoms with Gasteiger partial charge in [-0.25, -0.2) is 15.0 Å². The standard InChI is InChI=1S/C20H26N8O/c1-5-29-20-14(7-6-8-22-20)15-9-16(23-11-18-24-12-28(4)27-18)19(25-13(2)3)17(10-21)26-15/h6-10,12-13,21,25H,5,11H2,1-4H3,(H,23,26). The van der Waals surface area contributed by atoms with Crippen LogP contribution in [-0.4, -0.2) is 43.6 Å². The smallest absolute Gasteiger partial charge is 0.222 e. The van der Waals surface area contributed by atoms with Gasteiger partial charge in [0.05, 0.1) is 35.8 Å². The first kappa shape index (κ1) is 20.2. The molecule has 0 amide bonds. The van der Waals surface area contributed by atoms with E-state index in [0.29, 0.717) is 36.2 Å². The summed E-state index contributed by atoms with van der Waals surface area (Å²) in [5.41, 5.74) is 3.54. The van der Waals surface area contributed by atoms with Gasteiger partial charge in [0, 0.05) is 25.5 Å². The highest BCUT2D eigenvalue weighted by Gasteiger charge is 2.17. The van der Waals surface area contributed by atoms with Crippen molar-refractivity contribution in [1.82, 2.24) is 24.7 Å². The lowest BCUT2D eigenvalue weighted by atomic mass is 10.1. The number of rotatable bonds is 9. The van der Waals surface area contributed by atoms with Gasteiger partial charge in [-0.2, -0.15) is 5.10 Å². The first-order valence-corrected chi connectivity index (χ1v) is 9.50. The zero-order chi connectivity index (χ0) is 20.8. The van der Waals surface area contributed by atoms with E-state index < -0.39 is 0 Å². The summed E-state index contributed by atoms with van der Waals surface area (Å²) in [6.07, 6.45) is 4.59. The number of ether oxygens (including phenoxy) is 1. The minimum Gasteiger partial charge on any atom is -0.477 e. The molecule has 0 unspecified atom stereocenters. The second-order valence-corrected chi connectivity index (χ2v) is 6.74. The predicted octanol–water partition coefficient (Wildman–Crippen LogP) is 3.10. The van der Waals surface area contributed by atoms with Crippen molar-refractivity contribution in [2.75, 3.05) is 17.2 Å². The molecule has 0 spiro atoms. The van der Waals surface area contributed by atoms with Crippen molar-refractivity contribution >= 4 is 17.6 Å². The first-order chi connectivity index (χ1) is 14.0. The molecule has 3 rings (SSSR count). The van der Waals surface area contributed by atoms with Crippen molar-refractivity contribution < 1.29 is 4.74 Å². The van der Waals surface area contributed by atoms with Crippen molar-refractivity contribution in [1.29, 1.82) is 5.41 Å². The zero-order valence-corrected chi connectivity index (χ0v) is 17.1. The highest BCUT2D eigenvalue weighted by molar-refractivity contribution is 5.91. The minimum atomic E-state index is 0.173. The Labute approximate surface area is 170 Å². The van der Waals surface area contributed by atoms with Gasteiger partial charge < -0.3 is 20.8 Å². The van der Waals surface area contributed by atoms with Crippen LogP contribution in [0.3, 0.4) is 0 Å². The van der Waals surface area contributed by atoms with Crippen LogP contribution in [0.4, 0.5) is 11.4 Å². The van der Waals surface area contributed by atoms with Gasteiger partial charge in [0.25, 0.3) is 0 Å². The maximum absolute atomic E-state index is 7.89. The maximum Gasteiger partial charge on any atom is 0.222 e. The number of hydrogen-bond acceptors (Lipinski definition) is 8. The van der Waals surface area contributed by atoms with E-state index in [1.165, 1.54) is 6.21 Å². The van der Waals surface area contributed by atoms with Crippen LogP contribution >= 0.6 is 0 Å². The molecule has 0 aliphatic heterocycles. The Morgan fingerprint density at radius 2 is 2.14 bits per heavy atom. The molecule has 3 N–H and O–H groups in total. The first-order valence-electron chi connectivity index (χ1n) is 9.50. The van der Waals surface area contributed by atoms with E-state index in [2.05, 4.69) is 30.7 Å². The Kier molecular flexibility index (Phi) is 6.38. The monoisotopic (exact) mass is 394 g/mol. The molecule has 3 aromatic rings. The third kappa shape index (κ3) is 4.87. The summed E-state index contributed by atoms with van der Waals surface area (Å²) in [5.74, 6) is 1.19. The normalized spacial score (nSPS) is 10.8. The molecule has 0 atom stereocenters. The van der Waals surface area contributed by atoms with Crippen LogP contribution in [0, 0.1) is 5.41 Å². The van der Waals surface area contributed by atoms with E-state index in [0.717, 1.165) is 16.9 Å². The quantitative estimate of drug-likeness (QED) is 0.478. The molecule has 9 heteroatoms. The molecule has 0 fully saturated rings. The molecule has 0 saturated carbocycles. The summed E-state index contributed by atoms with van der Waals surface area (Å²) >= 11 is 0. The SMILES string of the molecule is CCOc1ncccc1-c1cc(NCc2ncn(C)n2)c(NC(C)C)c(C=N)n1. The summed E-state index contributed by atoms with van der Waals surface area (Å²) in [4.78, 5) is 13.3. The van der Waals surface area contributed by atoms with Crippen LogP contribution in [0.5, 0.6) is 5.88 Å². The lowest BCUT2D eigenvalue weighted by Gasteiger charge is -2.19. The Hall–Kier alpha value is -3.49. The largest absolute Gasteiger partial charge is 0.477 e. The van der Waals surface area contributed by atoms with Gasteiger partial charge in [0.1, 0.15) is 12.0 Å². The van der Waals surface area contributed by atoms with Crippen molar-refractivity contribution in [2.24, 2.45) is 7.05 Å². The molecule has 3 heterocycles. The van der Waals surface area contributed by atoms with Gasteiger partial charge in [-0.05, 0) is 39.0 Å². The molecule has 0 bridgehead atoms. The third-order valence-corrected chi connectivity index (χ3v) is 4.03. The van der Waals surface area contributed by atoms with Gasteiger partial charge in [-0.1, -0.05) is 0 Å². The highest BCUT2D eigenvalue weighted by Crippen LogP contribution is 2.33. The van der Waals surface area contributed by atoms with Crippen molar-refractivity contribution in [3.8, 4) is 17.1 Å². The summed E-state index contributed by atoms with van der Waals surface area (Å²) in [6, 6.07) is 5.86. The topological polar surface area (TPSA) is 114 Å². The Morgan fingerprint density at radius 3 is 2.79 bits per heavy atom. The van der Waals surface area contributed by atoms with Crippen LogP contribution in [-0.2, 0) is 13.6 Å². The Balaban J connectivity index is 2.05. The van der Waals surface area contributed by atoms with Gasteiger partial charge >= 0.3 is 0 Å². The number of aryl methyl sites for hydroxylation is 1. The van der Waals surface area contributed by atoms with Crippen molar-refractivity contribution in [3.05, 3.63) is 42.2 Å². The molecule has 9 nitrogen and oxygen atoms in total. The number of anilines is 2. The second-order valence-electron chi connectivity index (χ2n) is 6.74. The Bertz CT molecular complexity index is 982. The van der Waals surface area contributed by atoms with Crippen LogP contribution in [0.1, 0.15) is 32.3 Å². The number of aromatic nitrogens is 5. The molecule has 0 saturated heterocycles. The number of nitrogens with one attached hydrogen (secondary N) is 3. The number of pyridine rings is 2. The molecule has 0 aromatic carbocycles. The maximum atomic E-state index is 7.89. The van der Waals surface area contributed by atoms with Crippen molar-refractivity contribution in [3.63, 3.8) is 0 Å². The van der Waals surface area contributed by atoms with Crippen LogP contribution in [0.15, 0.2) is 30.7 Å². The fourth-order valence-corrected chi connectivity index (χ4v) is 2.86. The van der Waals surface area contributed by atoms with E-state index in [1.807, 2.05) is 46.0 Å². The van der Waals surface area contributed by atoms with Crippen molar-refractivity contribution in [2.45, 2.75) is 33.4 Å². The summed E-state index contributed by atoms with van der Waals surface area (Å²) in [5, 5.41) is 19.0.